The van der Waals surface area contributed by atoms with Gasteiger partial charge >= 0.3 is 0 Å². The van der Waals surface area contributed by atoms with Gasteiger partial charge in [-0.25, -0.2) is 0 Å². The van der Waals surface area contributed by atoms with Gasteiger partial charge in [-0.15, -0.1) is 6.58 Å². The quantitative estimate of drug-likeness (QED) is 0.665. The van der Waals surface area contributed by atoms with Gasteiger partial charge in [-0.2, -0.15) is 5.26 Å². The molecule has 1 atom stereocenters. The molecule has 0 amide bonds. The van der Waals surface area contributed by atoms with Gasteiger partial charge < -0.3 is 0 Å². The zero-order valence-electron chi connectivity index (χ0n) is 9.62. The summed E-state index contributed by atoms with van der Waals surface area (Å²) in [5.74, 6) is -0.195. The predicted octanol–water partition coefficient (Wildman–Crippen LogP) is 3.78. The lowest BCUT2D eigenvalue weighted by atomic mass is 9.86. The summed E-state index contributed by atoms with van der Waals surface area (Å²) in [7, 11) is 0. The van der Waals surface area contributed by atoms with Gasteiger partial charge in [0.15, 0.2) is 0 Å². The molecule has 1 aromatic carbocycles. The number of hydrogen-bond acceptors (Lipinski definition) is 1. The Labute approximate surface area is 92.1 Å². The molecular weight excluding hydrogens is 182 g/mol. The smallest absolute Gasteiger partial charge is 0.0891 e. The molecule has 0 saturated heterocycles. The van der Waals surface area contributed by atoms with E-state index in [1.807, 2.05) is 12.1 Å². The summed E-state index contributed by atoms with van der Waals surface area (Å²) in [6, 6.07) is 10.4. The number of benzene rings is 1. The highest BCUT2D eigenvalue weighted by molar-refractivity contribution is 5.34. The van der Waals surface area contributed by atoms with Crippen LogP contribution < -0.4 is 0 Å². The summed E-state index contributed by atoms with van der Waals surface area (Å²) < 4.78 is 0. The molecule has 1 nitrogen and oxygen atoms in total. The SMILES string of the molecule is C=CC(C#N)c1ccc(C(C)(C)C)cc1. The minimum Gasteiger partial charge on any atom is -0.197 e. The molecule has 1 unspecified atom stereocenters. The zero-order chi connectivity index (χ0) is 11.5. The lowest BCUT2D eigenvalue weighted by Crippen LogP contribution is -2.10. The van der Waals surface area contributed by atoms with Crippen LogP contribution in [0.1, 0.15) is 37.8 Å². The van der Waals surface area contributed by atoms with Gasteiger partial charge in [-0.1, -0.05) is 51.1 Å². The van der Waals surface area contributed by atoms with Crippen LogP contribution in [0.2, 0.25) is 0 Å². The van der Waals surface area contributed by atoms with Crippen LogP contribution in [0.5, 0.6) is 0 Å². The first-order chi connectivity index (χ1) is 6.99. The van der Waals surface area contributed by atoms with Crippen LogP contribution in [0.3, 0.4) is 0 Å². The lowest BCUT2D eigenvalue weighted by Gasteiger charge is -2.19. The van der Waals surface area contributed by atoms with Gasteiger partial charge in [0.05, 0.1) is 12.0 Å². The van der Waals surface area contributed by atoms with Crippen molar-refractivity contribution in [2.45, 2.75) is 32.1 Å². The van der Waals surface area contributed by atoms with E-state index < -0.39 is 0 Å². The van der Waals surface area contributed by atoms with Crippen molar-refractivity contribution in [1.82, 2.24) is 0 Å². The van der Waals surface area contributed by atoms with Crippen molar-refractivity contribution in [2.75, 3.05) is 0 Å². The third kappa shape index (κ3) is 2.70. The first kappa shape index (κ1) is 11.5. The van der Waals surface area contributed by atoms with Gasteiger partial charge in [-0.05, 0) is 16.5 Å². The van der Waals surface area contributed by atoms with E-state index in [0.29, 0.717) is 0 Å². The van der Waals surface area contributed by atoms with E-state index in [1.54, 1.807) is 6.08 Å². The van der Waals surface area contributed by atoms with Crippen LogP contribution in [-0.2, 0) is 5.41 Å². The summed E-state index contributed by atoms with van der Waals surface area (Å²) >= 11 is 0. The van der Waals surface area contributed by atoms with Gasteiger partial charge in [0, 0.05) is 0 Å². The summed E-state index contributed by atoms with van der Waals surface area (Å²) in [6.07, 6.45) is 1.67. The van der Waals surface area contributed by atoms with E-state index in [-0.39, 0.29) is 11.3 Å². The second-order valence-corrected chi connectivity index (χ2v) is 4.71. The van der Waals surface area contributed by atoms with Crippen LogP contribution in [0.25, 0.3) is 0 Å². The Kier molecular flexibility index (Phi) is 3.31. The van der Waals surface area contributed by atoms with Crippen LogP contribution in [-0.4, -0.2) is 0 Å². The van der Waals surface area contributed by atoms with E-state index in [4.69, 9.17) is 5.26 Å². The highest BCUT2D eigenvalue weighted by Crippen LogP contribution is 2.24. The highest BCUT2D eigenvalue weighted by Gasteiger charge is 2.14. The largest absolute Gasteiger partial charge is 0.197 e. The number of hydrogen-bond donors (Lipinski definition) is 0. The molecule has 1 aromatic rings. The number of nitriles is 1. The first-order valence-corrected chi connectivity index (χ1v) is 5.11. The molecule has 0 radical (unpaired) electrons. The average Bonchev–Trinajstić information content (AvgIpc) is 2.19. The average molecular weight is 199 g/mol. The Morgan fingerprint density at radius 2 is 1.80 bits per heavy atom. The maximum Gasteiger partial charge on any atom is 0.0891 e. The minimum atomic E-state index is -0.195. The van der Waals surface area contributed by atoms with Crippen molar-refractivity contribution in [3.05, 3.63) is 48.0 Å². The molecule has 0 N–H and O–H groups in total. The predicted molar refractivity (Wildman–Crippen MR) is 63.7 cm³/mol. The van der Waals surface area contributed by atoms with Gasteiger partial charge in [0.25, 0.3) is 0 Å². The molecule has 1 rings (SSSR count). The molecule has 0 heterocycles. The van der Waals surface area contributed by atoms with E-state index >= 15 is 0 Å². The molecule has 0 spiro atoms. The van der Waals surface area contributed by atoms with E-state index in [1.165, 1.54) is 5.56 Å². The van der Waals surface area contributed by atoms with E-state index in [0.717, 1.165) is 5.56 Å². The van der Waals surface area contributed by atoms with Gasteiger partial charge in [-0.3, -0.25) is 0 Å². The monoisotopic (exact) mass is 199 g/mol. The zero-order valence-corrected chi connectivity index (χ0v) is 9.62. The first-order valence-electron chi connectivity index (χ1n) is 5.11. The third-order valence-electron chi connectivity index (χ3n) is 2.51. The molecule has 78 valence electrons. The molecule has 0 aliphatic heterocycles. The molecule has 15 heavy (non-hydrogen) atoms. The summed E-state index contributed by atoms with van der Waals surface area (Å²) in [5, 5.41) is 8.89. The summed E-state index contributed by atoms with van der Waals surface area (Å²) in [6.45, 7) is 10.2. The molecule has 0 aromatic heterocycles. The van der Waals surface area contributed by atoms with Crippen molar-refractivity contribution in [3.8, 4) is 6.07 Å². The fourth-order valence-electron chi connectivity index (χ4n) is 1.45. The molecule has 0 bridgehead atoms. The fraction of sp³-hybridized carbons (Fsp3) is 0.357. The van der Waals surface area contributed by atoms with E-state index in [2.05, 4.69) is 45.6 Å². The third-order valence-corrected chi connectivity index (χ3v) is 2.51. The van der Waals surface area contributed by atoms with Crippen molar-refractivity contribution in [3.63, 3.8) is 0 Å². The van der Waals surface area contributed by atoms with Crippen molar-refractivity contribution in [1.29, 1.82) is 5.26 Å². The molecule has 0 aliphatic carbocycles. The number of rotatable bonds is 2. The topological polar surface area (TPSA) is 23.8 Å². The Morgan fingerprint density at radius 3 is 2.13 bits per heavy atom. The molecule has 0 aliphatic rings. The summed E-state index contributed by atoms with van der Waals surface area (Å²) in [4.78, 5) is 0. The highest BCUT2D eigenvalue weighted by atomic mass is 14.3. The van der Waals surface area contributed by atoms with E-state index in [9.17, 15) is 0 Å². The Hall–Kier alpha value is -1.55. The van der Waals surface area contributed by atoms with Gasteiger partial charge in [0.2, 0.25) is 0 Å². The lowest BCUT2D eigenvalue weighted by molar-refractivity contribution is 0.590. The molecule has 1 heteroatoms. The van der Waals surface area contributed by atoms with Crippen LogP contribution in [0.15, 0.2) is 36.9 Å². The standard InChI is InChI=1S/C14H17N/c1-5-11(10-15)12-6-8-13(9-7-12)14(2,3)4/h5-9,11H,1H2,2-4H3. The number of nitrogens with zero attached hydrogens (tertiary/aromatic N) is 1. The van der Waals surface area contributed by atoms with Crippen molar-refractivity contribution >= 4 is 0 Å². The second kappa shape index (κ2) is 4.31. The molecule has 0 saturated carbocycles. The Bertz CT molecular complexity index is 373. The summed E-state index contributed by atoms with van der Waals surface area (Å²) in [5.41, 5.74) is 2.46. The molecule has 0 fully saturated rings. The van der Waals surface area contributed by atoms with Crippen LogP contribution in [0.4, 0.5) is 0 Å². The Morgan fingerprint density at radius 1 is 1.27 bits per heavy atom. The van der Waals surface area contributed by atoms with Crippen molar-refractivity contribution < 1.29 is 0 Å². The maximum absolute atomic E-state index is 8.89. The van der Waals surface area contributed by atoms with Crippen LogP contribution in [0, 0.1) is 11.3 Å². The van der Waals surface area contributed by atoms with Crippen molar-refractivity contribution in [2.24, 2.45) is 0 Å². The minimum absolute atomic E-state index is 0.162. The fourth-order valence-corrected chi connectivity index (χ4v) is 1.45. The normalized spacial score (nSPS) is 12.9. The molecular formula is C14H17N. The Balaban J connectivity index is 3.01. The second-order valence-electron chi connectivity index (χ2n) is 4.71. The maximum atomic E-state index is 8.89. The number of allylic oxidation sites excluding steroid dienone is 1. The van der Waals surface area contributed by atoms with Gasteiger partial charge in [0.1, 0.15) is 0 Å². The van der Waals surface area contributed by atoms with Crippen LogP contribution >= 0.6 is 0 Å².